The van der Waals surface area contributed by atoms with Crippen molar-refractivity contribution in [2.45, 2.75) is 38.4 Å². The molecular formula is C14H21N3O. The minimum Gasteiger partial charge on any atom is -0.326 e. The van der Waals surface area contributed by atoms with Gasteiger partial charge >= 0.3 is 0 Å². The molecule has 98 valence electrons. The van der Waals surface area contributed by atoms with Gasteiger partial charge in [0.1, 0.15) is 0 Å². The molecule has 1 atom stereocenters. The van der Waals surface area contributed by atoms with Crippen molar-refractivity contribution in [3.63, 3.8) is 0 Å². The first-order valence-electron chi connectivity index (χ1n) is 6.43. The van der Waals surface area contributed by atoms with E-state index < -0.39 is 0 Å². The summed E-state index contributed by atoms with van der Waals surface area (Å²) in [5.41, 5.74) is 7.43. The number of hydrogen-bond acceptors (Lipinski definition) is 3. The van der Waals surface area contributed by atoms with E-state index >= 15 is 0 Å². The van der Waals surface area contributed by atoms with E-state index in [2.05, 4.69) is 10.2 Å². The van der Waals surface area contributed by atoms with Gasteiger partial charge in [0.25, 0.3) is 0 Å². The molecule has 3 N–H and O–H groups in total. The van der Waals surface area contributed by atoms with Crippen LogP contribution in [0.2, 0.25) is 0 Å². The summed E-state index contributed by atoms with van der Waals surface area (Å²) >= 11 is 0. The highest BCUT2D eigenvalue weighted by molar-refractivity contribution is 5.94. The van der Waals surface area contributed by atoms with E-state index in [1.165, 1.54) is 12.8 Å². The van der Waals surface area contributed by atoms with Crippen LogP contribution in [0.5, 0.6) is 0 Å². The van der Waals surface area contributed by atoms with Crippen LogP contribution in [0.25, 0.3) is 0 Å². The maximum atomic E-state index is 12.1. The van der Waals surface area contributed by atoms with Crippen molar-refractivity contribution in [2.24, 2.45) is 5.73 Å². The van der Waals surface area contributed by atoms with E-state index in [1.807, 2.05) is 38.2 Å². The van der Waals surface area contributed by atoms with Crippen LogP contribution in [-0.2, 0) is 11.3 Å². The summed E-state index contributed by atoms with van der Waals surface area (Å²) in [5, 5.41) is 2.94. The van der Waals surface area contributed by atoms with Crippen LogP contribution < -0.4 is 11.1 Å². The normalized spacial score (nSPS) is 16.7. The first kappa shape index (κ1) is 13.1. The molecular weight excluding hydrogens is 226 g/mol. The second-order valence-corrected chi connectivity index (χ2v) is 4.97. The van der Waals surface area contributed by atoms with Gasteiger partial charge in [-0.1, -0.05) is 12.1 Å². The van der Waals surface area contributed by atoms with E-state index in [0.29, 0.717) is 12.6 Å². The number of anilines is 1. The SMILES string of the molecule is CC(C(=O)Nc1cccc(CN)c1)N(C)C1CC1. The van der Waals surface area contributed by atoms with Crippen LogP contribution in [-0.4, -0.2) is 29.9 Å². The Hall–Kier alpha value is -1.39. The third kappa shape index (κ3) is 3.09. The fourth-order valence-corrected chi connectivity index (χ4v) is 2.01. The number of nitrogens with zero attached hydrogens (tertiary/aromatic N) is 1. The minimum absolute atomic E-state index is 0.0403. The van der Waals surface area contributed by atoms with Crippen LogP contribution in [0.4, 0.5) is 5.69 Å². The van der Waals surface area contributed by atoms with Gasteiger partial charge in [0.2, 0.25) is 5.91 Å². The molecule has 1 fully saturated rings. The van der Waals surface area contributed by atoms with Gasteiger partial charge in [-0.15, -0.1) is 0 Å². The Morgan fingerprint density at radius 2 is 2.28 bits per heavy atom. The molecule has 0 aliphatic heterocycles. The summed E-state index contributed by atoms with van der Waals surface area (Å²) in [4.78, 5) is 14.2. The van der Waals surface area contributed by atoms with Gasteiger partial charge in [0.15, 0.2) is 0 Å². The summed E-state index contributed by atoms with van der Waals surface area (Å²) in [6.45, 7) is 2.43. The molecule has 1 aromatic rings. The second kappa shape index (κ2) is 5.50. The second-order valence-electron chi connectivity index (χ2n) is 4.97. The molecule has 0 heterocycles. The summed E-state index contributed by atoms with van der Waals surface area (Å²) < 4.78 is 0. The number of benzene rings is 1. The molecule has 1 aliphatic carbocycles. The Bertz CT molecular complexity index is 429. The van der Waals surface area contributed by atoms with Crippen molar-refractivity contribution < 1.29 is 4.79 Å². The van der Waals surface area contributed by atoms with E-state index in [-0.39, 0.29) is 11.9 Å². The lowest BCUT2D eigenvalue weighted by molar-refractivity contribution is -0.120. The Kier molecular flexibility index (Phi) is 3.99. The summed E-state index contributed by atoms with van der Waals surface area (Å²) in [6.07, 6.45) is 2.41. The number of rotatable bonds is 5. The quantitative estimate of drug-likeness (QED) is 0.830. The summed E-state index contributed by atoms with van der Waals surface area (Å²) in [5.74, 6) is 0.0403. The van der Waals surface area contributed by atoms with Gasteiger partial charge in [-0.05, 0) is 44.5 Å². The van der Waals surface area contributed by atoms with Crippen molar-refractivity contribution in [1.29, 1.82) is 0 Å². The molecule has 0 bridgehead atoms. The molecule has 0 radical (unpaired) electrons. The largest absolute Gasteiger partial charge is 0.326 e. The predicted molar refractivity (Wildman–Crippen MR) is 73.2 cm³/mol. The average Bonchev–Trinajstić information content (AvgIpc) is 3.21. The molecule has 4 nitrogen and oxygen atoms in total. The van der Waals surface area contributed by atoms with Crippen LogP contribution in [0.1, 0.15) is 25.3 Å². The molecule has 0 saturated heterocycles. The van der Waals surface area contributed by atoms with Crippen LogP contribution in [0.15, 0.2) is 24.3 Å². The first-order chi connectivity index (χ1) is 8.61. The Labute approximate surface area is 108 Å². The number of nitrogens with two attached hydrogens (primary N) is 1. The zero-order valence-corrected chi connectivity index (χ0v) is 11.0. The first-order valence-corrected chi connectivity index (χ1v) is 6.43. The molecule has 1 saturated carbocycles. The molecule has 1 unspecified atom stereocenters. The van der Waals surface area contributed by atoms with Gasteiger partial charge in [0, 0.05) is 18.3 Å². The van der Waals surface area contributed by atoms with Crippen molar-refractivity contribution >= 4 is 11.6 Å². The predicted octanol–water partition coefficient (Wildman–Crippen LogP) is 1.57. The standard InChI is InChI=1S/C14H21N3O/c1-10(17(2)13-6-7-13)14(18)16-12-5-3-4-11(8-12)9-15/h3-5,8,10,13H,6-7,9,15H2,1-2H3,(H,16,18). The minimum atomic E-state index is -0.0981. The van der Waals surface area contributed by atoms with Crippen LogP contribution in [0, 0.1) is 0 Å². The summed E-state index contributed by atoms with van der Waals surface area (Å²) in [6, 6.07) is 8.16. The van der Waals surface area contributed by atoms with Gasteiger partial charge in [-0.25, -0.2) is 0 Å². The molecule has 1 aliphatic rings. The number of carbonyl (C=O) groups is 1. The molecule has 1 amide bonds. The topological polar surface area (TPSA) is 58.4 Å². The van der Waals surface area contributed by atoms with Crippen molar-refractivity contribution in [1.82, 2.24) is 4.90 Å². The van der Waals surface area contributed by atoms with E-state index in [1.54, 1.807) is 0 Å². The van der Waals surface area contributed by atoms with Gasteiger partial charge < -0.3 is 11.1 Å². The van der Waals surface area contributed by atoms with Crippen molar-refractivity contribution in [3.8, 4) is 0 Å². The molecule has 4 heteroatoms. The highest BCUT2D eigenvalue weighted by Crippen LogP contribution is 2.27. The fraction of sp³-hybridized carbons (Fsp3) is 0.500. The van der Waals surface area contributed by atoms with Crippen molar-refractivity contribution in [2.75, 3.05) is 12.4 Å². The third-order valence-corrected chi connectivity index (χ3v) is 3.54. The lowest BCUT2D eigenvalue weighted by Gasteiger charge is -2.23. The fourth-order valence-electron chi connectivity index (χ4n) is 2.01. The van der Waals surface area contributed by atoms with Crippen LogP contribution >= 0.6 is 0 Å². The third-order valence-electron chi connectivity index (χ3n) is 3.54. The van der Waals surface area contributed by atoms with Gasteiger partial charge in [-0.3, -0.25) is 9.69 Å². The average molecular weight is 247 g/mol. The lowest BCUT2D eigenvalue weighted by Crippen LogP contribution is -2.40. The number of amides is 1. The number of hydrogen-bond donors (Lipinski definition) is 2. The summed E-state index contributed by atoms with van der Waals surface area (Å²) in [7, 11) is 2.01. The number of carbonyl (C=O) groups excluding carboxylic acids is 1. The highest BCUT2D eigenvalue weighted by Gasteiger charge is 2.31. The highest BCUT2D eigenvalue weighted by atomic mass is 16.2. The molecule has 18 heavy (non-hydrogen) atoms. The Morgan fingerprint density at radius 1 is 1.56 bits per heavy atom. The monoisotopic (exact) mass is 247 g/mol. The zero-order chi connectivity index (χ0) is 13.1. The molecule has 1 aromatic carbocycles. The van der Waals surface area contributed by atoms with Crippen LogP contribution in [0.3, 0.4) is 0 Å². The zero-order valence-electron chi connectivity index (χ0n) is 11.0. The van der Waals surface area contributed by atoms with Gasteiger partial charge in [0.05, 0.1) is 6.04 Å². The molecule has 0 spiro atoms. The lowest BCUT2D eigenvalue weighted by atomic mass is 10.2. The maximum Gasteiger partial charge on any atom is 0.241 e. The molecule has 2 rings (SSSR count). The van der Waals surface area contributed by atoms with E-state index in [0.717, 1.165) is 11.3 Å². The van der Waals surface area contributed by atoms with Gasteiger partial charge in [-0.2, -0.15) is 0 Å². The van der Waals surface area contributed by atoms with E-state index in [4.69, 9.17) is 5.73 Å². The Balaban J connectivity index is 1.96. The molecule has 0 aromatic heterocycles. The van der Waals surface area contributed by atoms with E-state index in [9.17, 15) is 4.79 Å². The number of nitrogens with one attached hydrogen (secondary N) is 1. The van der Waals surface area contributed by atoms with Crippen molar-refractivity contribution in [3.05, 3.63) is 29.8 Å². The maximum absolute atomic E-state index is 12.1. The number of likely N-dealkylation sites (N-methyl/N-ethyl adjacent to an activating group) is 1. The Morgan fingerprint density at radius 3 is 2.89 bits per heavy atom. The smallest absolute Gasteiger partial charge is 0.241 e.